The first-order valence-electron chi connectivity index (χ1n) is 5.56. The minimum atomic E-state index is -1.04. The van der Waals surface area contributed by atoms with Crippen LogP contribution >= 0.6 is 23.5 Å². The highest BCUT2D eigenvalue weighted by molar-refractivity contribution is 8.21. The van der Waals surface area contributed by atoms with Gasteiger partial charge in [-0.2, -0.15) is 0 Å². The molecule has 0 aromatic carbocycles. The summed E-state index contributed by atoms with van der Waals surface area (Å²) in [5.74, 6) is 1.03. The lowest BCUT2D eigenvalue weighted by Crippen LogP contribution is -2.48. The van der Waals surface area contributed by atoms with Crippen molar-refractivity contribution in [3.63, 3.8) is 0 Å². The fourth-order valence-corrected chi connectivity index (χ4v) is 4.84. The van der Waals surface area contributed by atoms with E-state index in [1.807, 2.05) is 14.1 Å². The first-order valence-corrected chi connectivity index (χ1v) is 7.53. The minimum absolute atomic E-state index is 0.122. The van der Waals surface area contributed by atoms with Gasteiger partial charge in [-0.25, -0.2) is 4.79 Å². The van der Waals surface area contributed by atoms with Crippen LogP contribution in [0.15, 0.2) is 0 Å². The summed E-state index contributed by atoms with van der Waals surface area (Å²) in [6, 6.07) is 0.395. The number of esters is 1. The molecule has 1 aliphatic heterocycles. The van der Waals surface area contributed by atoms with E-state index in [9.17, 15) is 9.59 Å². The quantitative estimate of drug-likeness (QED) is 0.569. The molecule has 1 rings (SSSR count). The lowest BCUT2D eigenvalue weighted by atomic mass is 10.3. The van der Waals surface area contributed by atoms with Crippen LogP contribution in [0, 0.1) is 0 Å². The van der Waals surface area contributed by atoms with Gasteiger partial charge in [0.1, 0.15) is 0 Å². The maximum absolute atomic E-state index is 11.9. The van der Waals surface area contributed by atoms with Gasteiger partial charge in [-0.3, -0.25) is 4.79 Å². The fraction of sp³-hybridized carbons (Fsp3) is 0.818. The van der Waals surface area contributed by atoms with Gasteiger partial charge < -0.3 is 9.64 Å². The minimum Gasteiger partial charge on any atom is -0.464 e. The Morgan fingerprint density at radius 2 is 1.88 bits per heavy atom. The molecule has 1 aliphatic rings. The van der Waals surface area contributed by atoms with Crippen LogP contribution in [0.25, 0.3) is 0 Å². The van der Waals surface area contributed by atoms with E-state index >= 15 is 0 Å². The second-order valence-corrected chi connectivity index (χ2v) is 6.86. The van der Waals surface area contributed by atoms with Crippen molar-refractivity contribution in [2.45, 2.75) is 24.0 Å². The first kappa shape index (κ1) is 14.9. The van der Waals surface area contributed by atoms with Crippen LogP contribution in [-0.4, -0.2) is 59.0 Å². The summed E-state index contributed by atoms with van der Waals surface area (Å²) in [5.41, 5.74) is 0. The molecule has 17 heavy (non-hydrogen) atoms. The van der Waals surface area contributed by atoms with E-state index in [1.54, 1.807) is 6.92 Å². The highest BCUT2D eigenvalue weighted by Crippen LogP contribution is 2.44. The Morgan fingerprint density at radius 3 is 2.24 bits per heavy atom. The lowest BCUT2D eigenvalue weighted by Gasteiger charge is -2.37. The zero-order chi connectivity index (χ0) is 13.1. The maximum Gasteiger partial charge on any atom is 0.340 e. The molecule has 0 aromatic rings. The van der Waals surface area contributed by atoms with E-state index < -0.39 is 10.0 Å². The van der Waals surface area contributed by atoms with Gasteiger partial charge in [0.25, 0.3) is 0 Å². The molecule has 0 atom stereocenters. The van der Waals surface area contributed by atoms with E-state index in [0.29, 0.717) is 12.6 Å². The molecule has 0 bridgehead atoms. The van der Waals surface area contributed by atoms with E-state index in [1.165, 1.54) is 30.4 Å². The van der Waals surface area contributed by atoms with Crippen molar-refractivity contribution >= 4 is 35.3 Å². The van der Waals surface area contributed by atoms with Crippen LogP contribution < -0.4 is 0 Å². The van der Waals surface area contributed by atoms with Gasteiger partial charge >= 0.3 is 5.97 Å². The van der Waals surface area contributed by atoms with Gasteiger partial charge in [-0.15, -0.1) is 23.5 Å². The summed E-state index contributed by atoms with van der Waals surface area (Å²) in [6.07, 6.45) is 0. The number of carbonyl (C=O) groups excluding carboxylic acids is 2. The van der Waals surface area contributed by atoms with Gasteiger partial charge in [0.15, 0.2) is 5.78 Å². The highest BCUT2D eigenvalue weighted by Gasteiger charge is 2.49. The Labute approximate surface area is 111 Å². The predicted octanol–water partition coefficient (Wildman–Crippen LogP) is 1.24. The van der Waals surface area contributed by atoms with Gasteiger partial charge in [-0.1, -0.05) is 0 Å². The molecule has 1 heterocycles. The van der Waals surface area contributed by atoms with Crippen molar-refractivity contribution in [3.8, 4) is 0 Å². The van der Waals surface area contributed by atoms with E-state index in [4.69, 9.17) is 4.74 Å². The van der Waals surface area contributed by atoms with Gasteiger partial charge in [0.05, 0.1) is 6.61 Å². The van der Waals surface area contributed by atoms with Gasteiger partial charge in [0.2, 0.25) is 4.08 Å². The maximum atomic E-state index is 11.9. The first-order chi connectivity index (χ1) is 7.94. The molecule has 1 saturated heterocycles. The third kappa shape index (κ3) is 3.17. The molecule has 0 spiro atoms. The Hall–Kier alpha value is -0.200. The third-order valence-electron chi connectivity index (χ3n) is 2.70. The smallest absolute Gasteiger partial charge is 0.340 e. The summed E-state index contributed by atoms with van der Waals surface area (Å²) >= 11 is 2.80. The average molecular weight is 277 g/mol. The van der Waals surface area contributed by atoms with Crippen molar-refractivity contribution in [3.05, 3.63) is 0 Å². The van der Waals surface area contributed by atoms with Crippen molar-refractivity contribution < 1.29 is 14.3 Å². The van der Waals surface area contributed by atoms with Crippen molar-refractivity contribution in [2.24, 2.45) is 0 Å². The molecule has 4 nitrogen and oxygen atoms in total. The number of carbonyl (C=O) groups is 2. The van der Waals surface area contributed by atoms with E-state index in [0.717, 1.165) is 11.5 Å². The van der Waals surface area contributed by atoms with Crippen molar-refractivity contribution in [1.29, 1.82) is 0 Å². The molecule has 0 aromatic heterocycles. The SMILES string of the molecule is CCOC(=O)C1(C(C)=O)SCC(N(C)C)CS1. The summed E-state index contributed by atoms with van der Waals surface area (Å²) in [4.78, 5) is 25.8. The second-order valence-electron chi connectivity index (χ2n) is 4.13. The van der Waals surface area contributed by atoms with Crippen molar-refractivity contribution in [2.75, 3.05) is 32.2 Å². The standard InChI is InChI=1S/C11H19NO3S2/c1-5-15-10(14)11(8(2)13)16-6-9(7-17-11)12(3)4/h9H,5-7H2,1-4H3. The van der Waals surface area contributed by atoms with Gasteiger partial charge in [-0.05, 0) is 27.9 Å². The average Bonchev–Trinajstić information content (AvgIpc) is 2.29. The number of nitrogens with zero attached hydrogens (tertiary/aromatic N) is 1. The van der Waals surface area contributed by atoms with Crippen LogP contribution in [0.4, 0.5) is 0 Å². The van der Waals surface area contributed by atoms with Crippen LogP contribution in [0.5, 0.6) is 0 Å². The molecular formula is C11H19NO3S2. The molecule has 0 saturated carbocycles. The third-order valence-corrected chi connectivity index (χ3v) is 6.23. The molecule has 0 N–H and O–H groups in total. The Balaban J connectivity index is 2.77. The summed E-state index contributed by atoms with van der Waals surface area (Å²) in [6.45, 7) is 3.53. The Morgan fingerprint density at radius 1 is 1.35 bits per heavy atom. The monoisotopic (exact) mass is 277 g/mol. The Bertz CT molecular complexity index is 299. The fourth-order valence-electron chi connectivity index (χ4n) is 1.51. The summed E-state index contributed by atoms with van der Waals surface area (Å²) < 4.78 is 3.99. The largest absolute Gasteiger partial charge is 0.464 e. The zero-order valence-corrected chi connectivity index (χ0v) is 12.3. The number of hydrogen-bond donors (Lipinski definition) is 0. The number of hydrogen-bond acceptors (Lipinski definition) is 6. The highest BCUT2D eigenvalue weighted by atomic mass is 32.2. The van der Waals surface area contributed by atoms with Crippen LogP contribution in [0.3, 0.4) is 0 Å². The molecule has 0 aliphatic carbocycles. The Kier molecular flexibility index (Phi) is 5.34. The second kappa shape index (κ2) is 6.11. The number of ketones is 1. The molecule has 0 radical (unpaired) electrons. The van der Waals surface area contributed by atoms with Crippen LogP contribution in [0.1, 0.15) is 13.8 Å². The molecule has 98 valence electrons. The number of rotatable bonds is 4. The van der Waals surface area contributed by atoms with Crippen molar-refractivity contribution in [1.82, 2.24) is 4.90 Å². The molecule has 0 amide bonds. The number of ether oxygens (including phenoxy) is 1. The molecule has 1 fully saturated rings. The predicted molar refractivity (Wildman–Crippen MR) is 72.4 cm³/mol. The van der Waals surface area contributed by atoms with E-state index in [2.05, 4.69) is 4.90 Å². The van der Waals surface area contributed by atoms with Crippen LogP contribution in [-0.2, 0) is 14.3 Å². The topological polar surface area (TPSA) is 46.6 Å². The normalized spacial score (nSPS) is 29.1. The molecule has 0 unspecified atom stereocenters. The van der Waals surface area contributed by atoms with Gasteiger partial charge in [0, 0.05) is 17.5 Å². The summed E-state index contributed by atoms with van der Waals surface area (Å²) in [5, 5.41) is 0. The van der Waals surface area contributed by atoms with E-state index in [-0.39, 0.29) is 5.78 Å². The van der Waals surface area contributed by atoms with Crippen LogP contribution in [0.2, 0.25) is 0 Å². The zero-order valence-electron chi connectivity index (χ0n) is 10.7. The number of thioether (sulfide) groups is 2. The lowest BCUT2D eigenvalue weighted by molar-refractivity contribution is -0.145. The molecular weight excluding hydrogens is 258 g/mol. The molecule has 6 heteroatoms. The number of Topliss-reactive ketones (excluding diaryl/α,β-unsaturated/α-hetero) is 1. The summed E-state index contributed by atoms with van der Waals surface area (Å²) in [7, 11) is 4.02.